The number of nitrogens with one attached hydrogen (secondary N) is 1. The smallest absolute Gasteiger partial charge is 0.192 e. The van der Waals surface area contributed by atoms with Crippen LogP contribution in [0.1, 0.15) is 0 Å². The zero-order valence-corrected chi connectivity index (χ0v) is 8.90. The largest absolute Gasteiger partial charge is 0.380 e. The Morgan fingerprint density at radius 2 is 2.07 bits per heavy atom. The number of aromatic nitrogens is 2. The first kappa shape index (κ1) is 10.3. The summed E-state index contributed by atoms with van der Waals surface area (Å²) >= 11 is 11.7. The van der Waals surface area contributed by atoms with Gasteiger partial charge in [-0.05, 0) is 18.2 Å². The topological polar surface area (TPSA) is 54.7 Å². The summed E-state index contributed by atoms with van der Waals surface area (Å²) in [5.74, 6) is -0.819. The minimum absolute atomic E-state index is 0.139. The Hall–Kier alpha value is -1.26. The molecule has 78 valence electrons. The van der Waals surface area contributed by atoms with Crippen LogP contribution < -0.4 is 5.73 Å². The fourth-order valence-corrected chi connectivity index (χ4v) is 1.59. The van der Waals surface area contributed by atoms with Gasteiger partial charge in [0.15, 0.2) is 11.6 Å². The molecule has 2 rings (SSSR count). The molecule has 1 heterocycles. The molecule has 0 fully saturated rings. The Bertz CT molecular complexity index is 510. The minimum Gasteiger partial charge on any atom is -0.380 e. The summed E-state index contributed by atoms with van der Waals surface area (Å²) in [4.78, 5) is 0. The molecule has 3 N–H and O–H groups in total. The third kappa shape index (κ3) is 1.78. The lowest BCUT2D eigenvalue weighted by atomic mass is 10.1. The molecular formula is C9H6Cl2FN3. The van der Waals surface area contributed by atoms with Gasteiger partial charge in [-0.1, -0.05) is 23.2 Å². The normalized spacial score (nSPS) is 10.6. The van der Waals surface area contributed by atoms with E-state index in [4.69, 9.17) is 28.9 Å². The average Bonchev–Trinajstić information content (AvgIpc) is 2.52. The average molecular weight is 246 g/mol. The molecule has 0 radical (unpaired) electrons. The van der Waals surface area contributed by atoms with E-state index in [0.29, 0.717) is 15.6 Å². The molecule has 2 aromatic rings. The number of rotatable bonds is 1. The maximum atomic E-state index is 13.4. The van der Waals surface area contributed by atoms with Crippen LogP contribution in [0.15, 0.2) is 18.2 Å². The van der Waals surface area contributed by atoms with Crippen molar-refractivity contribution < 1.29 is 4.39 Å². The molecule has 0 atom stereocenters. The predicted molar refractivity (Wildman–Crippen MR) is 58.4 cm³/mol. The standard InChI is InChI=1S/C9H6Cl2FN3/c10-4-1-2-6(11)5(3-4)8-7(12)9(13)15-14-8/h1-3H,(H3,13,14,15). The Morgan fingerprint density at radius 3 is 2.67 bits per heavy atom. The van der Waals surface area contributed by atoms with Crippen molar-refractivity contribution in [2.24, 2.45) is 0 Å². The zero-order valence-electron chi connectivity index (χ0n) is 7.39. The van der Waals surface area contributed by atoms with E-state index in [9.17, 15) is 4.39 Å². The lowest BCUT2D eigenvalue weighted by Crippen LogP contribution is -1.88. The molecule has 1 aromatic heterocycles. The third-order valence-corrected chi connectivity index (χ3v) is 2.49. The van der Waals surface area contributed by atoms with Crippen LogP contribution in [0.5, 0.6) is 0 Å². The number of H-pyrrole nitrogens is 1. The Morgan fingerprint density at radius 1 is 1.33 bits per heavy atom. The van der Waals surface area contributed by atoms with Gasteiger partial charge in [0, 0.05) is 10.6 Å². The van der Waals surface area contributed by atoms with Gasteiger partial charge in [0.2, 0.25) is 0 Å². The first-order chi connectivity index (χ1) is 7.09. The fourth-order valence-electron chi connectivity index (χ4n) is 1.21. The van der Waals surface area contributed by atoms with E-state index in [2.05, 4.69) is 10.2 Å². The second-order valence-corrected chi connectivity index (χ2v) is 3.77. The molecule has 0 unspecified atom stereocenters. The number of hydrogen-bond acceptors (Lipinski definition) is 2. The maximum Gasteiger partial charge on any atom is 0.192 e. The third-order valence-electron chi connectivity index (χ3n) is 1.93. The van der Waals surface area contributed by atoms with Gasteiger partial charge in [-0.3, -0.25) is 5.10 Å². The molecular weight excluding hydrogens is 240 g/mol. The van der Waals surface area contributed by atoms with Gasteiger partial charge in [-0.2, -0.15) is 5.10 Å². The number of aromatic amines is 1. The monoisotopic (exact) mass is 245 g/mol. The summed E-state index contributed by atoms with van der Waals surface area (Å²) in [6.07, 6.45) is 0. The number of halogens is 3. The predicted octanol–water partition coefficient (Wildman–Crippen LogP) is 3.10. The quantitative estimate of drug-likeness (QED) is 0.812. The maximum absolute atomic E-state index is 13.4. The second kappa shape index (κ2) is 3.72. The van der Waals surface area contributed by atoms with Gasteiger partial charge in [0.1, 0.15) is 5.69 Å². The van der Waals surface area contributed by atoms with Crippen LogP contribution >= 0.6 is 23.2 Å². The van der Waals surface area contributed by atoms with Gasteiger partial charge < -0.3 is 5.73 Å². The minimum atomic E-state index is -0.626. The van der Waals surface area contributed by atoms with Crippen molar-refractivity contribution in [2.75, 3.05) is 5.73 Å². The van der Waals surface area contributed by atoms with Gasteiger partial charge >= 0.3 is 0 Å². The van der Waals surface area contributed by atoms with E-state index in [1.165, 1.54) is 0 Å². The molecule has 0 saturated heterocycles. The van der Waals surface area contributed by atoms with E-state index < -0.39 is 5.82 Å². The molecule has 0 bridgehead atoms. The molecule has 6 heteroatoms. The van der Waals surface area contributed by atoms with Crippen molar-refractivity contribution in [1.82, 2.24) is 10.2 Å². The number of hydrogen-bond donors (Lipinski definition) is 2. The molecule has 0 amide bonds. The highest BCUT2D eigenvalue weighted by molar-refractivity contribution is 6.35. The highest BCUT2D eigenvalue weighted by atomic mass is 35.5. The van der Waals surface area contributed by atoms with Crippen molar-refractivity contribution in [3.63, 3.8) is 0 Å². The Kier molecular flexibility index (Phi) is 2.54. The van der Waals surface area contributed by atoms with Gasteiger partial charge in [-0.15, -0.1) is 0 Å². The van der Waals surface area contributed by atoms with Crippen molar-refractivity contribution in [2.45, 2.75) is 0 Å². The first-order valence-electron chi connectivity index (χ1n) is 4.04. The second-order valence-electron chi connectivity index (χ2n) is 2.92. The van der Waals surface area contributed by atoms with Crippen LogP contribution in [-0.4, -0.2) is 10.2 Å². The number of nitrogens with two attached hydrogens (primary N) is 1. The molecule has 3 nitrogen and oxygen atoms in total. The molecule has 1 aromatic carbocycles. The van der Waals surface area contributed by atoms with E-state index in [1.807, 2.05) is 0 Å². The molecule has 0 spiro atoms. The van der Waals surface area contributed by atoms with Crippen LogP contribution in [0.4, 0.5) is 10.2 Å². The summed E-state index contributed by atoms with van der Waals surface area (Å²) < 4.78 is 13.4. The van der Waals surface area contributed by atoms with Crippen molar-refractivity contribution >= 4 is 29.0 Å². The highest BCUT2D eigenvalue weighted by Crippen LogP contribution is 2.32. The first-order valence-corrected chi connectivity index (χ1v) is 4.80. The van der Waals surface area contributed by atoms with Crippen molar-refractivity contribution in [3.8, 4) is 11.3 Å². The highest BCUT2D eigenvalue weighted by Gasteiger charge is 2.14. The van der Waals surface area contributed by atoms with Crippen LogP contribution in [0, 0.1) is 5.82 Å². The van der Waals surface area contributed by atoms with Crippen molar-refractivity contribution in [1.29, 1.82) is 0 Å². The molecule has 0 aliphatic heterocycles. The van der Waals surface area contributed by atoms with Crippen molar-refractivity contribution in [3.05, 3.63) is 34.1 Å². The summed E-state index contributed by atoms with van der Waals surface area (Å²) in [6.45, 7) is 0. The summed E-state index contributed by atoms with van der Waals surface area (Å²) in [6, 6.07) is 4.74. The van der Waals surface area contributed by atoms with Crippen LogP contribution in [-0.2, 0) is 0 Å². The molecule has 0 aliphatic carbocycles. The lowest BCUT2D eigenvalue weighted by Gasteiger charge is -2.01. The number of nitrogen functional groups attached to an aromatic ring is 1. The molecule has 0 aliphatic rings. The Balaban J connectivity index is 2.63. The Labute approximate surface area is 95.0 Å². The van der Waals surface area contributed by atoms with Gasteiger partial charge in [0.05, 0.1) is 5.02 Å². The SMILES string of the molecule is Nc1n[nH]c(-c2cc(Cl)ccc2Cl)c1F. The van der Waals surface area contributed by atoms with E-state index in [0.717, 1.165) is 0 Å². The van der Waals surface area contributed by atoms with Gasteiger partial charge in [0.25, 0.3) is 0 Å². The molecule has 0 saturated carbocycles. The summed E-state index contributed by atoms with van der Waals surface area (Å²) in [7, 11) is 0. The van der Waals surface area contributed by atoms with Crippen LogP contribution in [0.3, 0.4) is 0 Å². The van der Waals surface area contributed by atoms with Crippen LogP contribution in [0.2, 0.25) is 10.0 Å². The lowest BCUT2D eigenvalue weighted by molar-refractivity contribution is 0.636. The van der Waals surface area contributed by atoms with Gasteiger partial charge in [-0.25, -0.2) is 4.39 Å². The number of benzene rings is 1. The summed E-state index contributed by atoms with van der Waals surface area (Å²) in [5, 5.41) is 6.84. The fraction of sp³-hybridized carbons (Fsp3) is 0. The van der Waals surface area contributed by atoms with E-state index in [1.54, 1.807) is 18.2 Å². The number of anilines is 1. The zero-order chi connectivity index (χ0) is 11.0. The van der Waals surface area contributed by atoms with Crippen LogP contribution in [0.25, 0.3) is 11.3 Å². The van der Waals surface area contributed by atoms with E-state index >= 15 is 0 Å². The number of nitrogens with zero attached hydrogens (tertiary/aromatic N) is 1. The molecule has 15 heavy (non-hydrogen) atoms. The van der Waals surface area contributed by atoms with E-state index in [-0.39, 0.29) is 11.5 Å². The summed E-state index contributed by atoms with van der Waals surface area (Å²) in [5.41, 5.74) is 5.85.